The molecule has 0 N–H and O–H groups in total. The molecule has 0 bridgehead atoms. The number of hydrogen-bond acceptors (Lipinski definition) is 5. The van der Waals surface area contributed by atoms with E-state index in [0.29, 0.717) is 40.5 Å². The molecular formula is C18H22BrNO3S2. The zero-order valence-corrected chi connectivity index (χ0v) is 17.9. The summed E-state index contributed by atoms with van der Waals surface area (Å²) in [5.74, 6) is 1.33. The number of rotatable bonds is 8. The lowest BCUT2D eigenvalue weighted by atomic mass is 10.2. The third-order valence-corrected chi connectivity index (χ3v) is 5.37. The third-order valence-electron chi connectivity index (χ3n) is 3.40. The second-order valence-electron chi connectivity index (χ2n) is 5.44. The van der Waals surface area contributed by atoms with E-state index in [9.17, 15) is 4.79 Å². The molecule has 1 saturated heterocycles. The summed E-state index contributed by atoms with van der Waals surface area (Å²) in [6.45, 7) is 7.83. The van der Waals surface area contributed by atoms with Crippen molar-refractivity contribution in [3.8, 4) is 11.5 Å². The third kappa shape index (κ3) is 4.99. The van der Waals surface area contributed by atoms with Gasteiger partial charge in [-0.25, -0.2) is 0 Å². The summed E-state index contributed by atoms with van der Waals surface area (Å²) in [6.07, 6.45) is 3.65. The average molecular weight is 444 g/mol. The van der Waals surface area contributed by atoms with E-state index in [2.05, 4.69) is 22.9 Å². The molecule has 25 heavy (non-hydrogen) atoms. The highest BCUT2D eigenvalue weighted by Crippen LogP contribution is 2.39. The number of benzene rings is 1. The number of amides is 1. The van der Waals surface area contributed by atoms with Crippen molar-refractivity contribution in [2.24, 2.45) is 0 Å². The smallest absolute Gasteiger partial charge is 0.266 e. The molecule has 1 aliphatic heterocycles. The molecule has 2 rings (SSSR count). The highest BCUT2D eigenvalue weighted by atomic mass is 79.9. The zero-order valence-electron chi connectivity index (χ0n) is 14.6. The van der Waals surface area contributed by atoms with Gasteiger partial charge in [0, 0.05) is 6.54 Å². The average Bonchev–Trinajstić information content (AvgIpc) is 2.82. The molecule has 4 nitrogen and oxygen atoms in total. The molecule has 1 heterocycles. The van der Waals surface area contributed by atoms with Crippen LogP contribution in [0.15, 0.2) is 21.5 Å². The van der Waals surface area contributed by atoms with Crippen LogP contribution in [0.25, 0.3) is 6.08 Å². The predicted molar refractivity (Wildman–Crippen MR) is 111 cm³/mol. The summed E-state index contributed by atoms with van der Waals surface area (Å²) in [7, 11) is 0. The van der Waals surface area contributed by atoms with Crippen LogP contribution in [-0.4, -0.2) is 34.9 Å². The lowest BCUT2D eigenvalue weighted by Crippen LogP contribution is -2.28. The summed E-state index contributed by atoms with van der Waals surface area (Å²) in [4.78, 5) is 14.8. The summed E-state index contributed by atoms with van der Waals surface area (Å²) in [5, 5.41) is 0. The highest BCUT2D eigenvalue weighted by Gasteiger charge is 2.31. The van der Waals surface area contributed by atoms with Crippen LogP contribution in [0.3, 0.4) is 0 Å². The molecule has 1 aromatic carbocycles. The van der Waals surface area contributed by atoms with Crippen LogP contribution in [-0.2, 0) is 4.79 Å². The minimum atomic E-state index is -0.0303. The van der Waals surface area contributed by atoms with E-state index >= 15 is 0 Å². The number of halogens is 1. The van der Waals surface area contributed by atoms with Gasteiger partial charge in [-0.05, 0) is 59.5 Å². The normalized spacial score (nSPS) is 16.0. The van der Waals surface area contributed by atoms with Crippen LogP contribution in [0.2, 0.25) is 0 Å². The van der Waals surface area contributed by atoms with Crippen LogP contribution >= 0.6 is 39.9 Å². The number of nitrogens with zero attached hydrogens (tertiary/aromatic N) is 1. The number of hydrogen-bond donors (Lipinski definition) is 0. The molecule has 0 spiro atoms. The molecule has 0 radical (unpaired) electrons. The van der Waals surface area contributed by atoms with Gasteiger partial charge in [0.15, 0.2) is 11.5 Å². The highest BCUT2D eigenvalue weighted by molar-refractivity contribution is 9.10. The first kappa shape index (κ1) is 20.3. The first-order chi connectivity index (χ1) is 12.0. The molecule has 1 aromatic rings. The van der Waals surface area contributed by atoms with E-state index in [0.717, 1.165) is 22.9 Å². The van der Waals surface area contributed by atoms with Crippen LogP contribution < -0.4 is 9.47 Å². The van der Waals surface area contributed by atoms with Crippen molar-refractivity contribution >= 4 is 56.2 Å². The Bertz CT molecular complexity index is 691. The van der Waals surface area contributed by atoms with Crippen LogP contribution in [0, 0.1) is 0 Å². The maximum atomic E-state index is 12.5. The quantitative estimate of drug-likeness (QED) is 0.405. The molecule has 0 aromatic heterocycles. The topological polar surface area (TPSA) is 38.8 Å². The number of carbonyl (C=O) groups is 1. The van der Waals surface area contributed by atoms with Gasteiger partial charge in [0.2, 0.25) is 0 Å². The molecule has 1 fully saturated rings. The van der Waals surface area contributed by atoms with Crippen LogP contribution in [0.1, 0.15) is 39.2 Å². The molecule has 1 aliphatic rings. The fraction of sp³-hybridized carbons (Fsp3) is 0.444. The van der Waals surface area contributed by atoms with Crippen LogP contribution in [0.5, 0.6) is 11.5 Å². The Hall–Kier alpha value is -1.05. The number of thiocarbonyl (C=S) groups is 1. The summed E-state index contributed by atoms with van der Waals surface area (Å²) in [6, 6.07) is 3.82. The van der Waals surface area contributed by atoms with Gasteiger partial charge in [-0.15, -0.1) is 0 Å². The second-order valence-corrected chi connectivity index (χ2v) is 7.97. The molecule has 0 unspecified atom stereocenters. The molecule has 0 atom stereocenters. The standard InChI is InChI=1S/C18H22BrNO3S2/c1-4-7-20-17(21)15(25-18(20)24)11-12-9-13(19)16(23-8-5-2)14(10-12)22-6-3/h9-11H,4-8H2,1-3H3/b15-11+. The summed E-state index contributed by atoms with van der Waals surface area (Å²) < 4.78 is 12.9. The van der Waals surface area contributed by atoms with Gasteiger partial charge < -0.3 is 9.47 Å². The Morgan fingerprint density at radius 1 is 1.24 bits per heavy atom. The van der Waals surface area contributed by atoms with Crippen molar-refractivity contribution in [2.75, 3.05) is 19.8 Å². The van der Waals surface area contributed by atoms with Gasteiger partial charge in [-0.3, -0.25) is 9.69 Å². The van der Waals surface area contributed by atoms with E-state index in [1.807, 2.05) is 32.1 Å². The number of ether oxygens (including phenoxy) is 2. The van der Waals surface area contributed by atoms with Crippen molar-refractivity contribution in [1.29, 1.82) is 0 Å². The fourth-order valence-electron chi connectivity index (χ4n) is 2.35. The van der Waals surface area contributed by atoms with E-state index in [1.165, 1.54) is 11.8 Å². The summed E-state index contributed by atoms with van der Waals surface area (Å²) in [5.41, 5.74) is 0.871. The van der Waals surface area contributed by atoms with Crippen molar-refractivity contribution < 1.29 is 14.3 Å². The Morgan fingerprint density at radius 3 is 2.64 bits per heavy atom. The lowest BCUT2D eigenvalue weighted by Gasteiger charge is -2.14. The van der Waals surface area contributed by atoms with E-state index in [-0.39, 0.29) is 5.91 Å². The molecule has 0 saturated carbocycles. The molecule has 7 heteroatoms. The monoisotopic (exact) mass is 443 g/mol. The Balaban J connectivity index is 2.33. The van der Waals surface area contributed by atoms with E-state index in [4.69, 9.17) is 21.7 Å². The maximum absolute atomic E-state index is 12.5. The lowest BCUT2D eigenvalue weighted by molar-refractivity contribution is -0.122. The van der Waals surface area contributed by atoms with Crippen LogP contribution in [0.4, 0.5) is 0 Å². The molecule has 1 amide bonds. The number of carbonyl (C=O) groups excluding carboxylic acids is 1. The molecular weight excluding hydrogens is 422 g/mol. The van der Waals surface area contributed by atoms with Gasteiger partial charge in [0.25, 0.3) is 5.91 Å². The maximum Gasteiger partial charge on any atom is 0.266 e. The molecule has 0 aliphatic carbocycles. The van der Waals surface area contributed by atoms with Gasteiger partial charge >= 0.3 is 0 Å². The number of thioether (sulfide) groups is 1. The summed E-state index contributed by atoms with van der Waals surface area (Å²) >= 11 is 10.2. The first-order valence-corrected chi connectivity index (χ1v) is 10.4. The zero-order chi connectivity index (χ0) is 18.4. The van der Waals surface area contributed by atoms with Crippen molar-refractivity contribution in [2.45, 2.75) is 33.6 Å². The van der Waals surface area contributed by atoms with E-state index < -0.39 is 0 Å². The SMILES string of the molecule is CCCOc1c(Br)cc(/C=C2/SC(=S)N(CCC)C2=O)cc1OCC. The fourth-order valence-corrected chi connectivity index (χ4v) is 4.23. The first-order valence-electron chi connectivity index (χ1n) is 8.36. The van der Waals surface area contributed by atoms with Gasteiger partial charge in [0.05, 0.1) is 22.6 Å². The minimum Gasteiger partial charge on any atom is -0.490 e. The Kier molecular flexibility index (Phi) is 7.78. The predicted octanol–water partition coefficient (Wildman–Crippen LogP) is 5.25. The minimum absolute atomic E-state index is 0.0303. The largest absolute Gasteiger partial charge is 0.490 e. The van der Waals surface area contributed by atoms with Gasteiger partial charge in [-0.2, -0.15) is 0 Å². The van der Waals surface area contributed by atoms with Gasteiger partial charge in [-0.1, -0.05) is 37.8 Å². The van der Waals surface area contributed by atoms with E-state index in [1.54, 1.807) is 4.90 Å². The van der Waals surface area contributed by atoms with Crippen molar-refractivity contribution in [3.05, 3.63) is 27.1 Å². The van der Waals surface area contributed by atoms with Crippen molar-refractivity contribution in [3.63, 3.8) is 0 Å². The van der Waals surface area contributed by atoms with Crippen molar-refractivity contribution in [1.82, 2.24) is 4.90 Å². The van der Waals surface area contributed by atoms with Gasteiger partial charge in [0.1, 0.15) is 4.32 Å². The molecule has 136 valence electrons. The Labute approximate surface area is 167 Å². The second kappa shape index (κ2) is 9.59. The Morgan fingerprint density at radius 2 is 2.00 bits per heavy atom.